The number of hydrogen-bond acceptors (Lipinski definition) is 3. The lowest BCUT2D eigenvalue weighted by atomic mass is 10.1. The third kappa shape index (κ3) is 5.17. The fourth-order valence-corrected chi connectivity index (χ4v) is 6.15. The van der Waals surface area contributed by atoms with Crippen LogP contribution in [0.5, 0.6) is 5.75 Å². The lowest BCUT2D eigenvalue weighted by molar-refractivity contribution is -0.113. The van der Waals surface area contributed by atoms with Gasteiger partial charge in [0.05, 0.1) is 12.8 Å². The van der Waals surface area contributed by atoms with Gasteiger partial charge >= 0.3 is 6.03 Å². The molecule has 1 heterocycles. The molecular weight excluding hydrogens is 690 g/mol. The van der Waals surface area contributed by atoms with E-state index in [1.807, 2.05) is 24.3 Å². The van der Waals surface area contributed by atoms with Crippen molar-refractivity contribution in [1.82, 2.24) is 5.32 Å². The van der Waals surface area contributed by atoms with Crippen LogP contribution in [0.25, 0.3) is 16.8 Å². The first-order valence-electron chi connectivity index (χ1n) is 10.6. The second-order valence-electron chi connectivity index (χ2n) is 7.89. The van der Waals surface area contributed by atoms with Crippen LogP contribution in [0.4, 0.5) is 10.5 Å². The number of urea groups is 1. The van der Waals surface area contributed by atoms with Crippen molar-refractivity contribution < 1.29 is 14.3 Å². The molecule has 35 heavy (non-hydrogen) atoms. The molecule has 3 amide bonds. The minimum Gasteiger partial charge on any atom is -0.487 e. The number of halogens is 3. The Morgan fingerprint density at radius 1 is 0.886 bits per heavy atom. The van der Waals surface area contributed by atoms with Crippen LogP contribution in [0.1, 0.15) is 11.1 Å². The largest absolute Gasteiger partial charge is 0.487 e. The van der Waals surface area contributed by atoms with E-state index in [-0.39, 0.29) is 5.70 Å². The number of ether oxygens (including phenoxy) is 1. The van der Waals surface area contributed by atoms with E-state index in [1.54, 1.807) is 30.3 Å². The first-order chi connectivity index (χ1) is 16.9. The van der Waals surface area contributed by atoms with Gasteiger partial charge < -0.3 is 10.1 Å². The van der Waals surface area contributed by atoms with Crippen LogP contribution in [0.3, 0.4) is 0 Å². The van der Waals surface area contributed by atoms with Gasteiger partial charge in [-0.3, -0.25) is 4.79 Å². The lowest BCUT2D eigenvalue weighted by Crippen LogP contribution is -2.30. The quantitative estimate of drug-likeness (QED) is 0.134. The van der Waals surface area contributed by atoms with Gasteiger partial charge in [-0.25, -0.2) is 9.69 Å². The molecule has 0 atom stereocenters. The van der Waals surface area contributed by atoms with Crippen molar-refractivity contribution in [1.29, 1.82) is 0 Å². The van der Waals surface area contributed by atoms with Gasteiger partial charge in [-0.2, -0.15) is 0 Å². The standard InChI is InChI=1S/C27H17ClI2N2O3/c28-20-6-3-7-21(14-20)32-26(33)24(31-27(32)34)13-17-11-22(29)25(23(30)12-17)35-15-16-8-9-18-4-1-2-5-19(18)10-16/h1-14H,15H2,(H,31,34)/b24-13+. The van der Waals surface area contributed by atoms with Crippen molar-refractivity contribution in [2.75, 3.05) is 4.90 Å². The zero-order valence-corrected chi connectivity index (χ0v) is 23.2. The Hall–Kier alpha value is -2.63. The second kappa shape index (κ2) is 10.2. The van der Waals surface area contributed by atoms with Gasteiger partial charge in [-0.15, -0.1) is 0 Å². The summed E-state index contributed by atoms with van der Waals surface area (Å²) in [5.41, 5.74) is 2.49. The Morgan fingerprint density at radius 2 is 1.63 bits per heavy atom. The molecule has 8 heteroatoms. The topological polar surface area (TPSA) is 58.6 Å². The summed E-state index contributed by atoms with van der Waals surface area (Å²) in [6.07, 6.45) is 1.67. The highest BCUT2D eigenvalue weighted by molar-refractivity contribution is 14.1. The van der Waals surface area contributed by atoms with Crippen molar-refractivity contribution in [2.45, 2.75) is 6.61 Å². The number of nitrogens with one attached hydrogen (secondary N) is 1. The van der Waals surface area contributed by atoms with Crippen molar-refractivity contribution >= 4 is 91.3 Å². The summed E-state index contributed by atoms with van der Waals surface area (Å²) < 4.78 is 7.97. The van der Waals surface area contributed by atoms with Crippen molar-refractivity contribution in [3.8, 4) is 5.75 Å². The van der Waals surface area contributed by atoms with Crippen LogP contribution >= 0.6 is 56.8 Å². The number of nitrogens with zero attached hydrogens (tertiary/aromatic N) is 1. The highest BCUT2D eigenvalue weighted by Gasteiger charge is 2.35. The molecule has 1 saturated heterocycles. The van der Waals surface area contributed by atoms with E-state index in [4.69, 9.17) is 16.3 Å². The summed E-state index contributed by atoms with van der Waals surface area (Å²) >= 11 is 10.5. The molecule has 4 aromatic carbocycles. The number of fused-ring (bicyclic) bond motifs is 1. The third-order valence-electron chi connectivity index (χ3n) is 5.47. The van der Waals surface area contributed by atoms with Gasteiger partial charge in [0.2, 0.25) is 0 Å². The number of anilines is 1. The summed E-state index contributed by atoms with van der Waals surface area (Å²) in [5.74, 6) is 0.350. The zero-order valence-electron chi connectivity index (χ0n) is 18.1. The molecule has 1 N–H and O–H groups in total. The normalized spacial score (nSPS) is 14.6. The zero-order chi connectivity index (χ0) is 24.5. The summed E-state index contributed by atoms with van der Waals surface area (Å²) in [4.78, 5) is 26.5. The van der Waals surface area contributed by atoms with Crippen LogP contribution in [0.2, 0.25) is 5.02 Å². The van der Waals surface area contributed by atoms with Crippen molar-refractivity contribution in [3.05, 3.63) is 108 Å². The highest BCUT2D eigenvalue weighted by atomic mass is 127. The van der Waals surface area contributed by atoms with Crippen LogP contribution in [-0.4, -0.2) is 11.9 Å². The molecule has 0 radical (unpaired) electrons. The molecule has 0 bridgehead atoms. The molecule has 0 unspecified atom stereocenters. The molecule has 0 aromatic heterocycles. The predicted octanol–water partition coefficient (Wildman–Crippen LogP) is 7.38. The van der Waals surface area contributed by atoms with Gasteiger partial charge in [0.1, 0.15) is 18.1 Å². The van der Waals surface area contributed by atoms with Crippen molar-refractivity contribution in [2.24, 2.45) is 0 Å². The number of carbonyl (C=O) groups is 2. The van der Waals surface area contributed by atoms with Gasteiger partial charge in [0.15, 0.2) is 0 Å². The third-order valence-corrected chi connectivity index (χ3v) is 7.31. The molecule has 4 aromatic rings. The molecule has 1 aliphatic rings. The predicted molar refractivity (Wildman–Crippen MR) is 156 cm³/mol. The van der Waals surface area contributed by atoms with Gasteiger partial charge in [-0.1, -0.05) is 54.1 Å². The van der Waals surface area contributed by atoms with E-state index in [2.05, 4.69) is 80.8 Å². The van der Waals surface area contributed by atoms with Crippen LogP contribution in [0.15, 0.2) is 84.6 Å². The summed E-state index contributed by atoms with van der Waals surface area (Å²) in [7, 11) is 0. The minimum absolute atomic E-state index is 0.200. The maximum absolute atomic E-state index is 12.9. The maximum Gasteiger partial charge on any atom is 0.333 e. The first-order valence-corrected chi connectivity index (χ1v) is 13.1. The van der Waals surface area contributed by atoms with Gasteiger partial charge in [0.25, 0.3) is 5.91 Å². The Labute approximate surface area is 234 Å². The lowest BCUT2D eigenvalue weighted by Gasteiger charge is -2.12. The minimum atomic E-state index is -0.511. The molecule has 5 nitrogen and oxygen atoms in total. The number of benzene rings is 4. The molecule has 0 spiro atoms. The number of imide groups is 1. The fraction of sp³-hybridized carbons (Fsp3) is 0.0370. The van der Waals surface area contributed by atoms with Crippen LogP contribution in [-0.2, 0) is 11.4 Å². The first kappa shape index (κ1) is 24.1. The molecule has 0 aliphatic carbocycles. The summed E-state index contributed by atoms with van der Waals surface area (Å²) in [6, 6.07) is 24.5. The Bertz CT molecular complexity index is 1500. The SMILES string of the molecule is O=C1N/C(=C/c2cc(I)c(OCc3ccc4ccccc4c3)c(I)c2)C(=O)N1c1cccc(Cl)c1. The van der Waals surface area contributed by atoms with Gasteiger partial charge in [0, 0.05) is 5.02 Å². The van der Waals surface area contributed by atoms with E-state index in [0.717, 1.165) is 28.9 Å². The molecule has 1 aliphatic heterocycles. The molecular formula is C27H17ClI2N2O3. The average Bonchev–Trinajstić information content (AvgIpc) is 3.11. The number of carbonyl (C=O) groups excluding carboxylic acids is 2. The number of amides is 3. The molecule has 5 rings (SSSR count). The fourth-order valence-electron chi connectivity index (χ4n) is 3.84. The van der Waals surface area contributed by atoms with Crippen LogP contribution < -0.4 is 15.0 Å². The summed E-state index contributed by atoms with van der Waals surface area (Å²) in [6.45, 7) is 0.445. The highest BCUT2D eigenvalue weighted by Crippen LogP contribution is 2.32. The maximum atomic E-state index is 12.9. The van der Waals surface area contributed by atoms with E-state index in [1.165, 1.54) is 10.8 Å². The summed E-state index contributed by atoms with van der Waals surface area (Å²) in [5, 5.41) is 5.47. The van der Waals surface area contributed by atoms with E-state index in [9.17, 15) is 9.59 Å². The smallest absolute Gasteiger partial charge is 0.333 e. The molecule has 1 fully saturated rings. The molecule has 0 saturated carbocycles. The monoisotopic (exact) mass is 706 g/mol. The average molecular weight is 707 g/mol. The Kier molecular flexibility index (Phi) is 6.99. The second-order valence-corrected chi connectivity index (χ2v) is 10.7. The number of rotatable bonds is 5. The van der Waals surface area contributed by atoms with Gasteiger partial charge in [-0.05, 0) is 110 Å². The van der Waals surface area contributed by atoms with E-state index in [0.29, 0.717) is 17.3 Å². The van der Waals surface area contributed by atoms with E-state index >= 15 is 0 Å². The molecule has 174 valence electrons. The van der Waals surface area contributed by atoms with E-state index < -0.39 is 11.9 Å². The van der Waals surface area contributed by atoms with Crippen LogP contribution in [0, 0.1) is 7.14 Å². The Balaban J connectivity index is 1.35. The van der Waals surface area contributed by atoms with Crippen molar-refractivity contribution in [3.63, 3.8) is 0 Å². The number of hydrogen-bond donors (Lipinski definition) is 1. The Morgan fingerprint density at radius 3 is 2.37 bits per heavy atom.